The number of hydrogen-bond acceptors (Lipinski definition) is 5. The van der Waals surface area contributed by atoms with Crippen LogP contribution < -0.4 is 4.74 Å². The zero-order valence-corrected chi connectivity index (χ0v) is 17.7. The molecule has 0 fully saturated rings. The summed E-state index contributed by atoms with van der Waals surface area (Å²) in [6.07, 6.45) is 0. The third-order valence-electron chi connectivity index (χ3n) is 4.50. The number of amides is 1. The molecular formula is C22H24ClN3O3. The van der Waals surface area contributed by atoms with Crippen molar-refractivity contribution in [3.05, 3.63) is 64.5 Å². The molecule has 0 unspecified atom stereocenters. The number of aromatic nitrogens is 2. The Morgan fingerprint density at radius 2 is 1.90 bits per heavy atom. The summed E-state index contributed by atoms with van der Waals surface area (Å²) < 4.78 is 11.1. The number of carbonyl (C=O) groups is 1. The molecule has 2 aromatic carbocycles. The highest BCUT2D eigenvalue weighted by atomic mass is 35.5. The first-order chi connectivity index (χ1) is 13.8. The average molecular weight is 414 g/mol. The van der Waals surface area contributed by atoms with E-state index < -0.39 is 0 Å². The Morgan fingerprint density at radius 1 is 1.17 bits per heavy atom. The summed E-state index contributed by atoms with van der Waals surface area (Å²) in [7, 11) is 0. The van der Waals surface area contributed by atoms with Gasteiger partial charge in [0, 0.05) is 16.6 Å². The second-order valence-corrected chi connectivity index (χ2v) is 7.63. The summed E-state index contributed by atoms with van der Waals surface area (Å²) in [6, 6.07) is 13.0. The van der Waals surface area contributed by atoms with Crippen molar-refractivity contribution in [1.82, 2.24) is 15.0 Å². The highest BCUT2D eigenvalue weighted by Crippen LogP contribution is 2.21. The van der Waals surface area contributed by atoms with E-state index in [9.17, 15) is 4.79 Å². The fourth-order valence-electron chi connectivity index (χ4n) is 2.92. The second kappa shape index (κ2) is 9.09. The molecule has 3 aromatic rings. The number of benzene rings is 2. The standard InChI is InChI=1S/C22H24ClN3O3/c1-14(2)26(21(27)13-28-19-10-5-15(3)11-16(19)4)12-20-24-22(25-29-20)17-6-8-18(23)9-7-17/h5-11,14H,12-13H2,1-4H3. The molecule has 1 heterocycles. The highest BCUT2D eigenvalue weighted by Gasteiger charge is 2.21. The number of carbonyl (C=O) groups excluding carboxylic acids is 1. The van der Waals surface area contributed by atoms with Crippen LogP contribution in [0.3, 0.4) is 0 Å². The zero-order valence-electron chi connectivity index (χ0n) is 17.0. The maximum atomic E-state index is 12.8. The minimum atomic E-state index is -0.147. The summed E-state index contributed by atoms with van der Waals surface area (Å²) >= 11 is 5.91. The molecular weight excluding hydrogens is 390 g/mol. The van der Waals surface area contributed by atoms with Gasteiger partial charge in [-0.2, -0.15) is 4.98 Å². The van der Waals surface area contributed by atoms with Gasteiger partial charge in [-0.05, 0) is 63.6 Å². The van der Waals surface area contributed by atoms with Gasteiger partial charge >= 0.3 is 0 Å². The van der Waals surface area contributed by atoms with Crippen molar-refractivity contribution < 1.29 is 14.1 Å². The van der Waals surface area contributed by atoms with Crippen molar-refractivity contribution in [3.8, 4) is 17.1 Å². The molecule has 1 aromatic heterocycles. The van der Waals surface area contributed by atoms with E-state index >= 15 is 0 Å². The fraction of sp³-hybridized carbons (Fsp3) is 0.318. The molecule has 0 N–H and O–H groups in total. The lowest BCUT2D eigenvalue weighted by atomic mass is 10.1. The van der Waals surface area contributed by atoms with Crippen molar-refractivity contribution in [2.24, 2.45) is 0 Å². The molecule has 0 saturated carbocycles. The van der Waals surface area contributed by atoms with Crippen LogP contribution in [0, 0.1) is 13.8 Å². The molecule has 7 heteroatoms. The van der Waals surface area contributed by atoms with Gasteiger partial charge in [-0.15, -0.1) is 0 Å². The molecule has 0 aliphatic carbocycles. The van der Waals surface area contributed by atoms with Gasteiger partial charge in [0.25, 0.3) is 5.91 Å². The predicted molar refractivity (Wildman–Crippen MR) is 112 cm³/mol. The first kappa shape index (κ1) is 20.9. The SMILES string of the molecule is Cc1ccc(OCC(=O)N(Cc2nc(-c3ccc(Cl)cc3)no2)C(C)C)c(C)c1. The van der Waals surface area contributed by atoms with E-state index in [0.29, 0.717) is 22.5 Å². The minimum absolute atomic E-state index is 0.0453. The van der Waals surface area contributed by atoms with Crippen molar-refractivity contribution in [2.45, 2.75) is 40.3 Å². The lowest BCUT2D eigenvalue weighted by molar-refractivity contribution is -0.136. The Labute approximate surface area is 175 Å². The molecule has 152 valence electrons. The largest absolute Gasteiger partial charge is 0.483 e. The van der Waals surface area contributed by atoms with E-state index in [1.54, 1.807) is 17.0 Å². The normalized spacial score (nSPS) is 11.0. The third-order valence-corrected chi connectivity index (χ3v) is 4.75. The van der Waals surface area contributed by atoms with Crippen LogP contribution in [0.15, 0.2) is 47.0 Å². The first-order valence-corrected chi connectivity index (χ1v) is 9.79. The smallest absolute Gasteiger partial charge is 0.261 e. The molecule has 0 atom stereocenters. The van der Waals surface area contributed by atoms with E-state index in [2.05, 4.69) is 10.1 Å². The van der Waals surface area contributed by atoms with Gasteiger partial charge in [-0.25, -0.2) is 0 Å². The lowest BCUT2D eigenvalue weighted by Crippen LogP contribution is -2.39. The number of aryl methyl sites for hydroxylation is 2. The van der Waals surface area contributed by atoms with Gasteiger partial charge in [-0.3, -0.25) is 4.79 Å². The summed E-state index contributed by atoms with van der Waals surface area (Å²) in [4.78, 5) is 18.8. The maximum absolute atomic E-state index is 12.8. The summed E-state index contributed by atoms with van der Waals surface area (Å²) in [5.41, 5.74) is 2.95. The van der Waals surface area contributed by atoms with Crippen molar-refractivity contribution in [2.75, 3.05) is 6.61 Å². The highest BCUT2D eigenvalue weighted by molar-refractivity contribution is 6.30. The van der Waals surface area contributed by atoms with Gasteiger partial charge in [-0.1, -0.05) is 34.5 Å². The van der Waals surface area contributed by atoms with Crippen LogP contribution in [0.2, 0.25) is 5.02 Å². The second-order valence-electron chi connectivity index (χ2n) is 7.19. The lowest BCUT2D eigenvalue weighted by Gasteiger charge is -2.25. The van der Waals surface area contributed by atoms with Gasteiger partial charge in [0.1, 0.15) is 12.3 Å². The number of halogens is 1. The average Bonchev–Trinajstić information content (AvgIpc) is 3.14. The van der Waals surface area contributed by atoms with Crippen molar-refractivity contribution in [1.29, 1.82) is 0 Å². The molecule has 0 bridgehead atoms. The van der Waals surface area contributed by atoms with E-state index in [-0.39, 0.29) is 25.1 Å². The Hall–Kier alpha value is -2.86. The van der Waals surface area contributed by atoms with Crippen LogP contribution in [0.25, 0.3) is 11.4 Å². The minimum Gasteiger partial charge on any atom is -0.483 e. The van der Waals surface area contributed by atoms with E-state index in [0.717, 1.165) is 16.7 Å². The maximum Gasteiger partial charge on any atom is 0.261 e. The van der Waals surface area contributed by atoms with Crippen LogP contribution in [-0.2, 0) is 11.3 Å². The summed E-state index contributed by atoms with van der Waals surface area (Å²) in [5.74, 6) is 1.38. The van der Waals surface area contributed by atoms with Gasteiger partial charge in [0.15, 0.2) is 6.61 Å². The van der Waals surface area contributed by atoms with Gasteiger partial charge in [0.05, 0.1) is 0 Å². The molecule has 0 radical (unpaired) electrons. The number of hydrogen-bond donors (Lipinski definition) is 0. The van der Waals surface area contributed by atoms with E-state index in [4.69, 9.17) is 20.9 Å². The molecule has 3 rings (SSSR count). The number of rotatable bonds is 7. The summed E-state index contributed by atoms with van der Waals surface area (Å²) in [6.45, 7) is 8.01. The molecule has 0 spiro atoms. The van der Waals surface area contributed by atoms with Crippen LogP contribution in [0.1, 0.15) is 30.9 Å². The van der Waals surface area contributed by atoms with Crippen molar-refractivity contribution in [3.63, 3.8) is 0 Å². The quantitative estimate of drug-likeness (QED) is 0.555. The fourth-order valence-corrected chi connectivity index (χ4v) is 3.05. The van der Waals surface area contributed by atoms with Crippen LogP contribution in [-0.4, -0.2) is 33.6 Å². The van der Waals surface area contributed by atoms with Crippen LogP contribution >= 0.6 is 11.6 Å². The molecule has 6 nitrogen and oxygen atoms in total. The number of nitrogens with zero attached hydrogens (tertiary/aromatic N) is 3. The van der Waals surface area contributed by atoms with Gasteiger partial charge < -0.3 is 14.2 Å². The molecule has 1 amide bonds. The Bertz CT molecular complexity index is 983. The third kappa shape index (κ3) is 5.35. The first-order valence-electron chi connectivity index (χ1n) is 9.41. The topological polar surface area (TPSA) is 68.5 Å². The monoisotopic (exact) mass is 413 g/mol. The summed E-state index contributed by atoms with van der Waals surface area (Å²) in [5, 5.41) is 4.64. The van der Waals surface area contributed by atoms with E-state index in [1.165, 1.54) is 0 Å². The Kier molecular flexibility index (Phi) is 6.54. The van der Waals surface area contributed by atoms with Crippen LogP contribution in [0.5, 0.6) is 5.75 Å². The zero-order chi connectivity index (χ0) is 21.0. The van der Waals surface area contributed by atoms with Gasteiger partial charge in [0.2, 0.25) is 11.7 Å². The predicted octanol–water partition coefficient (Wildman–Crippen LogP) is 4.82. The van der Waals surface area contributed by atoms with E-state index in [1.807, 2.05) is 58.0 Å². The molecule has 0 aliphatic rings. The van der Waals surface area contributed by atoms with Crippen LogP contribution in [0.4, 0.5) is 0 Å². The molecule has 0 saturated heterocycles. The molecule has 29 heavy (non-hydrogen) atoms. The Balaban J connectivity index is 1.66. The molecule has 0 aliphatic heterocycles. The van der Waals surface area contributed by atoms with Crippen molar-refractivity contribution >= 4 is 17.5 Å². The number of ether oxygens (including phenoxy) is 1. The Morgan fingerprint density at radius 3 is 2.55 bits per heavy atom.